The normalized spacial score (nSPS) is 49.5. The number of carbonyl (C=O) groups excluding carboxylic acids is 2. The molecule has 3 aliphatic carbocycles. The Labute approximate surface area is 173 Å². The summed E-state index contributed by atoms with van der Waals surface area (Å²) in [4.78, 5) is 27.3. The van der Waals surface area contributed by atoms with Crippen molar-refractivity contribution in [3.63, 3.8) is 0 Å². The highest BCUT2D eigenvalue weighted by atomic mass is 28.4. The standard InChI is InChI=1S/C22H32N2O4Si/c1-19(2,3)29(4,5)28-13-8-10-22-16-15(27-16)14(17(25)23-22)21-9-6-7-12(21)11-20(13,22)18(26)24-21/h11,13-16H,6-10H2,1-5H3,(H,23,25)(H,24,26)/t13-,14+,15+,16+,20-,21+,22+/m1/s1. The van der Waals surface area contributed by atoms with E-state index in [1.807, 2.05) is 0 Å². The lowest BCUT2D eigenvalue weighted by atomic mass is 9.55. The van der Waals surface area contributed by atoms with Gasteiger partial charge in [0.15, 0.2) is 8.32 Å². The van der Waals surface area contributed by atoms with Gasteiger partial charge in [0.05, 0.1) is 23.1 Å². The van der Waals surface area contributed by atoms with Crippen LogP contribution >= 0.6 is 0 Å². The van der Waals surface area contributed by atoms with Gasteiger partial charge >= 0.3 is 0 Å². The van der Waals surface area contributed by atoms with Gasteiger partial charge in [-0.3, -0.25) is 9.59 Å². The predicted molar refractivity (Wildman–Crippen MR) is 110 cm³/mol. The molecule has 0 aromatic rings. The van der Waals surface area contributed by atoms with E-state index in [9.17, 15) is 9.59 Å². The minimum Gasteiger partial charge on any atom is -0.412 e. The van der Waals surface area contributed by atoms with Crippen LogP contribution in [0.25, 0.3) is 0 Å². The van der Waals surface area contributed by atoms with E-state index in [2.05, 4.69) is 50.6 Å². The molecule has 0 radical (unpaired) electrons. The fraction of sp³-hybridized carbons (Fsp3) is 0.818. The number of carbonyl (C=O) groups is 2. The first-order valence-electron chi connectivity index (χ1n) is 11.2. The Kier molecular flexibility index (Phi) is 3.20. The zero-order chi connectivity index (χ0) is 20.6. The Morgan fingerprint density at radius 2 is 1.97 bits per heavy atom. The first-order chi connectivity index (χ1) is 13.5. The van der Waals surface area contributed by atoms with Crippen molar-refractivity contribution in [2.75, 3.05) is 0 Å². The first-order valence-corrected chi connectivity index (χ1v) is 14.1. The van der Waals surface area contributed by atoms with Gasteiger partial charge < -0.3 is 19.8 Å². The second-order valence-electron chi connectivity index (χ2n) is 11.7. The van der Waals surface area contributed by atoms with Gasteiger partial charge in [0, 0.05) is 0 Å². The molecule has 4 bridgehead atoms. The van der Waals surface area contributed by atoms with E-state index in [-0.39, 0.29) is 41.1 Å². The maximum absolute atomic E-state index is 13.9. The van der Waals surface area contributed by atoms with Gasteiger partial charge in [-0.05, 0) is 55.8 Å². The van der Waals surface area contributed by atoms with Gasteiger partial charge in [0.25, 0.3) is 0 Å². The van der Waals surface area contributed by atoms with Crippen molar-refractivity contribution < 1.29 is 18.8 Å². The highest BCUT2D eigenvalue weighted by Gasteiger charge is 2.82. The van der Waals surface area contributed by atoms with Crippen molar-refractivity contribution in [3.8, 4) is 0 Å². The topological polar surface area (TPSA) is 80.0 Å². The van der Waals surface area contributed by atoms with E-state index >= 15 is 0 Å². The molecule has 6 aliphatic heterocycles. The molecule has 4 saturated heterocycles. The quantitative estimate of drug-likeness (QED) is 0.412. The second-order valence-corrected chi connectivity index (χ2v) is 16.4. The van der Waals surface area contributed by atoms with Crippen molar-refractivity contribution in [1.82, 2.24) is 10.6 Å². The molecule has 2 amide bonds. The Morgan fingerprint density at radius 3 is 2.69 bits per heavy atom. The molecule has 3 spiro atoms. The van der Waals surface area contributed by atoms with Crippen LogP contribution in [-0.2, 0) is 18.8 Å². The summed E-state index contributed by atoms with van der Waals surface area (Å²) < 4.78 is 13.2. The fourth-order valence-electron chi connectivity index (χ4n) is 7.04. The summed E-state index contributed by atoms with van der Waals surface area (Å²) in [7, 11) is -2.11. The number of hydrogen-bond donors (Lipinski definition) is 2. The van der Waals surface area contributed by atoms with E-state index < -0.39 is 24.8 Å². The molecule has 0 unspecified atom stereocenters. The molecule has 9 rings (SSSR count). The van der Waals surface area contributed by atoms with Crippen molar-refractivity contribution in [2.24, 2.45) is 11.3 Å². The molecular formula is C22H32N2O4Si. The van der Waals surface area contributed by atoms with Gasteiger partial charge in [-0.15, -0.1) is 0 Å². The average Bonchev–Trinajstić information content (AvgIpc) is 3.20. The summed E-state index contributed by atoms with van der Waals surface area (Å²) >= 11 is 0. The molecule has 0 aromatic carbocycles. The largest absolute Gasteiger partial charge is 0.412 e. The van der Waals surface area contributed by atoms with Gasteiger partial charge in [-0.25, -0.2) is 0 Å². The van der Waals surface area contributed by atoms with E-state index in [4.69, 9.17) is 9.16 Å². The summed E-state index contributed by atoms with van der Waals surface area (Å²) in [6, 6.07) is 0. The van der Waals surface area contributed by atoms with Gasteiger partial charge in [0.2, 0.25) is 11.8 Å². The van der Waals surface area contributed by atoms with Crippen LogP contribution < -0.4 is 10.6 Å². The number of hydrogen-bond acceptors (Lipinski definition) is 4. The minimum absolute atomic E-state index is 0.0447. The zero-order valence-corrected chi connectivity index (χ0v) is 19.1. The molecule has 0 aromatic heterocycles. The second kappa shape index (κ2) is 5.00. The van der Waals surface area contributed by atoms with Gasteiger partial charge in [0.1, 0.15) is 17.6 Å². The van der Waals surface area contributed by atoms with E-state index in [1.165, 1.54) is 5.57 Å². The molecule has 6 nitrogen and oxygen atoms in total. The third kappa shape index (κ3) is 1.88. The molecule has 7 heteroatoms. The van der Waals surface area contributed by atoms with Crippen LogP contribution in [0.4, 0.5) is 0 Å². The molecule has 29 heavy (non-hydrogen) atoms. The molecule has 2 saturated carbocycles. The van der Waals surface area contributed by atoms with Crippen LogP contribution in [0.2, 0.25) is 18.1 Å². The van der Waals surface area contributed by atoms with E-state index in [0.717, 1.165) is 32.1 Å². The average molecular weight is 417 g/mol. The molecule has 7 atom stereocenters. The van der Waals surface area contributed by atoms with Gasteiger partial charge in [-0.1, -0.05) is 26.8 Å². The highest BCUT2D eigenvalue weighted by Crippen LogP contribution is 2.67. The number of epoxide rings is 1. The molecule has 9 aliphatic rings. The summed E-state index contributed by atoms with van der Waals surface area (Å²) in [5.41, 5.74) is -0.847. The highest BCUT2D eigenvalue weighted by molar-refractivity contribution is 6.74. The van der Waals surface area contributed by atoms with E-state index in [1.54, 1.807) is 0 Å². The van der Waals surface area contributed by atoms with Crippen molar-refractivity contribution in [3.05, 3.63) is 11.6 Å². The minimum atomic E-state index is -2.11. The summed E-state index contributed by atoms with van der Waals surface area (Å²) in [5, 5.41) is 6.83. The number of ether oxygens (including phenoxy) is 1. The van der Waals surface area contributed by atoms with Crippen LogP contribution in [0.1, 0.15) is 52.9 Å². The number of nitrogens with one attached hydrogen (secondary N) is 2. The third-order valence-electron chi connectivity index (χ3n) is 9.49. The monoisotopic (exact) mass is 416 g/mol. The van der Waals surface area contributed by atoms with Crippen molar-refractivity contribution >= 4 is 20.1 Å². The number of piperidine rings is 1. The maximum Gasteiger partial charge on any atom is 0.235 e. The summed E-state index contributed by atoms with van der Waals surface area (Å²) in [6.45, 7) is 11.2. The smallest absolute Gasteiger partial charge is 0.235 e. The Balaban J connectivity index is 1.56. The zero-order valence-electron chi connectivity index (χ0n) is 18.1. The first kappa shape index (κ1) is 18.6. The van der Waals surface area contributed by atoms with Crippen LogP contribution in [0.3, 0.4) is 0 Å². The van der Waals surface area contributed by atoms with E-state index in [0.29, 0.717) is 0 Å². The summed E-state index contributed by atoms with van der Waals surface area (Å²) in [5.74, 6) is -0.189. The SMILES string of the molecule is CC(C)(C)[Si](C)(C)O[C@@H]1CC[C@]23NC(=O)[C@H]([C@@H]4O[C@@H]42)[C@]24CCCC2=C[C@]13C(=O)N4. The Morgan fingerprint density at radius 1 is 1.21 bits per heavy atom. The molecular weight excluding hydrogens is 384 g/mol. The third-order valence-corrected chi connectivity index (χ3v) is 14.0. The molecule has 158 valence electrons. The Bertz CT molecular complexity index is 879. The lowest BCUT2D eigenvalue weighted by Gasteiger charge is -2.58. The maximum atomic E-state index is 13.9. The van der Waals surface area contributed by atoms with Crippen LogP contribution in [0, 0.1) is 11.3 Å². The van der Waals surface area contributed by atoms with Crippen molar-refractivity contribution in [1.29, 1.82) is 0 Å². The fourth-order valence-corrected chi connectivity index (χ4v) is 8.41. The number of amides is 2. The molecule has 6 heterocycles. The number of rotatable bonds is 2. The Hall–Kier alpha value is -1.18. The predicted octanol–water partition coefficient (Wildman–Crippen LogP) is 2.40. The van der Waals surface area contributed by atoms with Crippen LogP contribution in [-0.4, -0.2) is 49.5 Å². The van der Waals surface area contributed by atoms with Crippen LogP contribution in [0.5, 0.6) is 0 Å². The lowest BCUT2D eigenvalue weighted by Crippen LogP contribution is -2.80. The summed E-state index contributed by atoms with van der Waals surface area (Å²) in [6.07, 6.45) is 6.17. The lowest BCUT2D eigenvalue weighted by molar-refractivity contribution is -0.151. The van der Waals surface area contributed by atoms with Gasteiger partial charge in [-0.2, -0.15) is 0 Å². The van der Waals surface area contributed by atoms with Crippen LogP contribution in [0.15, 0.2) is 11.6 Å². The van der Waals surface area contributed by atoms with Crippen molar-refractivity contribution in [2.45, 2.75) is 100 Å². The molecule has 2 N–H and O–H groups in total. The molecule has 6 fully saturated rings.